The number of hydrazone groups is 1. The first kappa shape index (κ1) is 20.7. The third-order valence-corrected chi connectivity index (χ3v) is 5.43. The first-order valence-corrected chi connectivity index (χ1v) is 10.5. The van der Waals surface area contributed by atoms with E-state index in [1.165, 1.54) is 37.6 Å². The Hall–Kier alpha value is -3.03. The van der Waals surface area contributed by atoms with Crippen LogP contribution in [-0.4, -0.2) is 21.7 Å². The Balaban J connectivity index is 1.67. The molecule has 0 aliphatic rings. The summed E-state index contributed by atoms with van der Waals surface area (Å²) in [4.78, 5) is 2.24. The number of benzene rings is 3. The molecular weight excluding hydrogens is 412 g/mol. The molecule has 0 fully saturated rings. The Bertz CT molecular complexity index is 1090. The number of ether oxygens (including phenoxy) is 2. The summed E-state index contributed by atoms with van der Waals surface area (Å²) >= 11 is 5.78. The maximum absolute atomic E-state index is 12.2. The third kappa shape index (κ3) is 5.73. The molecule has 0 saturated carbocycles. The lowest BCUT2D eigenvalue weighted by atomic mass is 10.2. The van der Waals surface area contributed by atoms with Crippen molar-refractivity contribution in [3.63, 3.8) is 0 Å². The van der Waals surface area contributed by atoms with Crippen molar-refractivity contribution in [1.82, 2.24) is 4.83 Å². The van der Waals surface area contributed by atoms with Crippen LogP contribution in [0.15, 0.2) is 82.8 Å². The van der Waals surface area contributed by atoms with E-state index in [-0.39, 0.29) is 4.90 Å². The van der Waals surface area contributed by atoms with E-state index in [0.29, 0.717) is 28.7 Å². The van der Waals surface area contributed by atoms with E-state index in [0.717, 1.165) is 5.56 Å². The number of sulfonamides is 1. The van der Waals surface area contributed by atoms with Gasteiger partial charge in [0.2, 0.25) is 0 Å². The molecule has 3 aromatic rings. The van der Waals surface area contributed by atoms with E-state index >= 15 is 0 Å². The van der Waals surface area contributed by atoms with Crippen molar-refractivity contribution in [2.24, 2.45) is 5.10 Å². The molecule has 3 rings (SSSR count). The highest BCUT2D eigenvalue weighted by Gasteiger charge is 2.12. The van der Waals surface area contributed by atoms with Crippen molar-refractivity contribution in [3.8, 4) is 11.5 Å². The fourth-order valence-electron chi connectivity index (χ4n) is 2.46. The fraction of sp³-hybridized carbons (Fsp3) is 0.0952. The first-order chi connectivity index (χ1) is 14.0. The van der Waals surface area contributed by atoms with E-state index in [9.17, 15) is 8.42 Å². The molecule has 29 heavy (non-hydrogen) atoms. The minimum Gasteiger partial charge on any atom is -0.493 e. The van der Waals surface area contributed by atoms with Crippen molar-refractivity contribution < 1.29 is 17.9 Å². The summed E-state index contributed by atoms with van der Waals surface area (Å²) in [7, 11) is -2.24. The zero-order chi connectivity index (χ0) is 20.7. The van der Waals surface area contributed by atoms with Gasteiger partial charge in [0.15, 0.2) is 11.5 Å². The van der Waals surface area contributed by atoms with Crippen LogP contribution in [-0.2, 0) is 16.6 Å². The smallest absolute Gasteiger partial charge is 0.276 e. The molecule has 0 bridgehead atoms. The molecule has 0 amide bonds. The standard InChI is InChI=1S/C21H19ClN2O4S/c1-27-21-13-17(7-12-20(21)28-15-16-5-3-2-4-6-16)14-23-24-29(25,26)19-10-8-18(22)9-11-19/h2-14,24H,15H2,1H3/b23-14-. The van der Waals surface area contributed by atoms with Crippen molar-refractivity contribution in [1.29, 1.82) is 0 Å². The Labute approximate surface area is 174 Å². The lowest BCUT2D eigenvalue weighted by molar-refractivity contribution is 0.284. The lowest BCUT2D eigenvalue weighted by Gasteiger charge is -2.11. The molecule has 1 N–H and O–H groups in total. The second-order valence-electron chi connectivity index (χ2n) is 5.99. The van der Waals surface area contributed by atoms with Gasteiger partial charge in [-0.05, 0) is 53.6 Å². The molecule has 0 atom stereocenters. The summed E-state index contributed by atoms with van der Waals surface area (Å²) in [5.41, 5.74) is 1.68. The highest BCUT2D eigenvalue weighted by atomic mass is 35.5. The highest BCUT2D eigenvalue weighted by molar-refractivity contribution is 7.89. The maximum atomic E-state index is 12.2. The van der Waals surface area contributed by atoms with Crippen LogP contribution < -0.4 is 14.3 Å². The number of rotatable bonds is 8. The van der Waals surface area contributed by atoms with Gasteiger partial charge in [0.25, 0.3) is 10.0 Å². The van der Waals surface area contributed by atoms with Crippen LogP contribution in [0.25, 0.3) is 0 Å². The predicted molar refractivity (Wildman–Crippen MR) is 113 cm³/mol. The van der Waals surface area contributed by atoms with Crippen LogP contribution in [0.5, 0.6) is 11.5 Å². The molecule has 0 radical (unpaired) electrons. The number of hydrogen-bond donors (Lipinski definition) is 1. The number of halogens is 1. The Morgan fingerprint density at radius 2 is 1.72 bits per heavy atom. The zero-order valence-corrected chi connectivity index (χ0v) is 17.2. The summed E-state index contributed by atoms with van der Waals surface area (Å²) in [5, 5.41) is 4.27. The van der Waals surface area contributed by atoms with Gasteiger partial charge in [-0.25, -0.2) is 4.83 Å². The van der Waals surface area contributed by atoms with Crippen LogP contribution >= 0.6 is 11.6 Å². The summed E-state index contributed by atoms with van der Waals surface area (Å²) in [6.45, 7) is 0.408. The minimum atomic E-state index is -3.77. The predicted octanol–water partition coefficient (Wildman–Crippen LogP) is 4.24. The molecule has 0 aromatic heterocycles. The molecular formula is C21H19ClN2O4S. The lowest BCUT2D eigenvalue weighted by Crippen LogP contribution is -2.18. The van der Waals surface area contributed by atoms with Crippen LogP contribution in [0.2, 0.25) is 5.02 Å². The second-order valence-corrected chi connectivity index (χ2v) is 8.09. The van der Waals surface area contributed by atoms with Gasteiger partial charge in [-0.1, -0.05) is 41.9 Å². The zero-order valence-electron chi connectivity index (χ0n) is 15.6. The number of nitrogens with zero attached hydrogens (tertiary/aromatic N) is 1. The van der Waals surface area contributed by atoms with Crippen LogP contribution in [0.1, 0.15) is 11.1 Å². The Kier molecular flexibility index (Phi) is 6.74. The van der Waals surface area contributed by atoms with Crippen LogP contribution in [0, 0.1) is 0 Å². The molecule has 150 valence electrons. The first-order valence-electron chi connectivity index (χ1n) is 8.63. The average Bonchev–Trinajstić information content (AvgIpc) is 2.73. The number of methoxy groups -OCH3 is 1. The van der Waals surface area contributed by atoms with Gasteiger partial charge in [0, 0.05) is 5.02 Å². The van der Waals surface area contributed by atoms with E-state index in [1.807, 2.05) is 30.3 Å². The van der Waals surface area contributed by atoms with Crippen molar-refractivity contribution >= 4 is 27.8 Å². The molecule has 0 aliphatic carbocycles. The maximum Gasteiger partial charge on any atom is 0.276 e. The Morgan fingerprint density at radius 1 is 1.00 bits per heavy atom. The summed E-state index contributed by atoms with van der Waals surface area (Å²) in [5.74, 6) is 1.10. The summed E-state index contributed by atoms with van der Waals surface area (Å²) in [6, 6.07) is 20.8. The summed E-state index contributed by atoms with van der Waals surface area (Å²) < 4.78 is 35.6. The van der Waals surface area contributed by atoms with E-state index in [1.54, 1.807) is 18.2 Å². The quantitative estimate of drug-likeness (QED) is 0.428. The van der Waals surface area contributed by atoms with Crippen LogP contribution in [0.4, 0.5) is 0 Å². The summed E-state index contributed by atoms with van der Waals surface area (Å²) in [6.07, 6.45) is 1.39. The normalized spacial score (nSPS) is 11.4. The highest BCUT2D eigenvalue weighted by Crippen LogP contribution is 2.28. The molecule has 0 saturated heterocycles. The van der Waals surface area contributed by atoms with E-state index < -0.39 is 10.0 Å². The van der Waals surface area contributed by atoms with Gasteiger partial charge < -0.3 is 9.47 Å². The second kappa shape index (κ2) is 9.45. The fourth-order valence-corrected chi connectivity index (χ4v) is 3.37. The van der Waals surface area contributed by atoms with Gasteiger partial charge >= 0.3 is 0 Å². The number of nitrogens with one attached hydrogen (secondary N) is 1. The van der Waals surface area contributed by atoms with Crippen LogP contribution in [0.3, 0.4) is 0 Å². The molecule has 0 unspecified atom stereocenters. The van der Waals surface area contributed by atoms with Gasteiger partial charge in [-0.15, -0.1) is 0 Å². The van der Waals surface area contributed by atoms with Gasteiger partial charge in [0.05, 0.1) is 18.2 Å². The Morgan fingerprint density at radius 3 is 2.41 bits per heavy atom. The molecule has 3 aromatic carbocycles. The molecule has 0 spiro atoms. The average molecular weight is 431 g/mol. The molecule has 6 nitrogen and oxygen atoms in total. The third-order valence-electron chi connectivity index (χ3n) is 3.94. The van der Waals surface area contributed by atoms with Gasteiger partial charge in [-0.2, -0.15) is 13.5 Å². The van der Waals surface area contributed by atoms with E-state index in [2.05, 4.69) is 9.93 Å². The monoisotopic (exact) mass is 430 g/mol. The molecule has 8 heteroatoms. The minimum absolute atomic E-state index is 0.0706. The van der Waals surface area contributed by atoms with E-state index in [4.69, 9.17) is 21.1 Å². The van der Waals surface area contributed by atoms with Crippen molar-refractivity contribution in [2.75, 3.05) is 7.11 Å². The number of hydrogen-bond acceptors (Lipinski definition) is 5. The topological polar surface area (TPSA) is 77.0 Å². The van der Waals surface area contributed by atoms with Gasteiger partial charge in [-0.3, -0.25) is 0 Å². The molecule has 0 aliphatic heterocycles. The largest absolute Gasteiger partial charge is 0.493 e. The molecule has 0 heterocycles. The van der Waals surface area contributed by atoms with Crippen molar-refractivity contribution in [2.45, 2.75) is 11.5 Å². The van der Waals surface area contributed by atoms with Gasteiger partial charge in [0.1, 0.15) is 6.61 Å². The SMILES string of the molecule is COc1cc(/C=N\NS(=O)(=O)c2ccc(Cl)cc2)ccc1OCc1ccccc1. The van der Waals surface area contributed by atoms with Crippen molar-refractivity contribution in [3.05, 3.63) is 88.9 Å².